The molecule has 1 aliphatic rings. The van der Waals surface area contributed by atoms with Gasteiger partial charge >= 0.3 is 24.3 Å². The van der Waals surface area contributed by atoms with Crippen LogP contribution in [-0.4, -0.2) is 43.9 Å². The van der Waals surface area contributed by atoms with Gasteiger partial charge in [0.15, 0.2) is 11.5 Å². The molecular formula is C28H22F6O6S. The van der Waals surface area contributed by atoms with E-state index in [-0.39, 0.29) is 5.56 Å². The van der Waals surface area contributed by atoms with Gasteiger partial charge in [-0.2, -0.15) is 26.3 Å². The summed E-state index contributed by atoms with van der Waals surface area (Å²) < 4.78 is 107. The zero-order valence-electron chi connectivity index (χ0n) is 21.4. The quantitative estimate of drug-likeness (QED) is 0.217. The Morgan fingerprint density at radius 1 is 0.634 bits per heavy atom. The molecule has 4 atom stereocenters. The van der Waals surface area contributed by atoms with E-state index < -0.39 is 58.2 Å². The summed E-state index contributed by atoms with van der Waals surface area (Å²) in [5.41, 5.74) is -9.93. The van der Waals surface area contributed by atoms with Gasteiger partial charge < -0.3 is 18.9 Å². The Balaban J connectivity index is 1.74. The number of carbonyl (C=O) groups is 2. The molecule has 4 rings (SSSR count). The third kappa shape index (κ3) is 5.17. The monoisotopic (exact) mass is 600 g/mol. The number of hydrogen-bond acceptors (Lipinski definition) is 7. The van der Waals surface area contributed by atoms with E-state index in [1.807, 2.05) is 0 Å². The van der Waals surface area contributed by atoms with Crippen LogP contribution in [0.1, 0.15) is 22.8 Å². The highest BCUT2D eigenvalue weighted by atomic mass is 32.2. The number of methoxy groups -OCH3 is 2. The second-order valence-electron chi connectivity index (χ2n) is 8.75. The van der Waals surface area contributed by atoms with E-state index in [9.17, 15) is 35.9 Å². The lowest BCUT2D eigenvalue weighted by Gasteiger charge is -2.35. The molecule has 3 aromatic carbocycles. The molecule has 0 unspecified atom stereocenters. The Morgan fingerprint density at radius 3 is 1.49 bits per heavy atom. The van der Waals surface area contributed by atoms with Crippen LogP contribution >= 0.6 is 11.8 Å². The van der Waals surface area contributed by atoms with E-state index in [0.29, 0.717) is 30.9 Å². The van der Waals surface area contributed by atoms with E-state index in [4.69, 9.17) is 18.9 Å². The predicted octanol–water partition coefficient (Wildman–Crippen LogP) is 6.45. The van der Waals surface area contributed by atoms with Crippen LogP contribution in [0.15, 0.2) is 89.8 Å². The van der Waals surface area contributed by atoms with Crippen LogP contribution in [0.4, 0.5) is 26.3 Å². The fraction of sp³-hybridized carbons (Fsp3) is 0.286. The first-order chi connectivity index (χ1) is 19.3. The van der Waals surface area contributed by atoms with E-state index in [2.05, 4.69) is 0 Å². The number of rotatable bonds is 8. The Kier molecular flexibility index (Phi) is 8.44. The van der Waals surface area contributed by atoms with Gasteiger partial charge in [0.1, 0.15) is 0 Å². The van der Waals surface area contributed by atoms with E-state index in [1.54, 1.807) is 6.07 Å². The molecule has 0 saturated heterocycles. The summed E-state index contributed by atoms with van der Waals surface area (Å²) in [7, 11) is 1.35. The number of thioether (sulfide) groups is 1. The van der Waals surface area contributed by atoms with Crippen molar-refractivity contribution in [3.05, 3.63) is 102 Å². The van der Waals surface area contributed by atoms with Gasteiger partial charge in [-0.3, -0.25) is 0 Å². The Morgan fingerprint density at radius 2 is 1.05 bits per heavy atom. The van der Waals surface area contributed by atoms with E-state index >= 15 is 0 Å². The molecule has 3 aromatic rings. The molecule has 1 heterocycles. The van der Waals surface area contributed by atoms with Crippen LogP contribution in [0.2, 0.25) is 0 Å². The van der Waals surface area contributed by atoms with Crippen molar-refractivity contribution in [2.24, 2.45) is 0 Å². The third-order valence-corrected chi connectivity index (χ3v) is 7.72. The first kappa shape index (κ1) is 30.4. The van der Waals surface area contributed by atoms with Crippen LogP contribution in [-0.2, 0) is 39.7 Å². The van der Waals surface area contributed by atoms with Crippen molar-refractivity contribution in [2.75, 3.05) is 14.2 Å². The average molecular weight is 601 g/mol. The molecule has 0 saturated carbocycles. The number of hydrogen-bond donors (Lipinski definition) is 0. The summed E-state index contributed by atoms with van der Waals surface area (Å²) in [4.78, 5) is 27.0. The molecule has 0 spiro atoms. The topological polar surface area (TPSA) is 71.1 Å². The maximum absolute atomic E-state index is 14.5. The fourth-order valence-electron chi connectivity index (χ4n) is 4.52. The molecule has 0 fully saturated rings. The zero-order chi connectivity index (χ0) is 30.1. The molecule has 41 heavy (non-hydrogen) atoms. The third-order valence-electron chi connectivity index (χ3n) is 6.52. The van der Waals surface area contributed by atoms with Crippen molar-refractivity contribution in [2.45, 2.75) is 40.0 Å². The molecule has 13 heteroatoms. The number of fused-ring (bicyclic) bond motifs is 1. The molecule has 0 N–H and O–H groups in total. The molecule has 6 nitrogen and oxygen atoms in total. The zero-order valence-corrected chi connectivity index (χ0v) is 22.2. The van der Waals surface area contributed by atoms with Gasteiger partial charge in [0.2, 0.25) is 0 Å². The first-order valence-electron chi connectivity index (χ1n) is 11.9. The SMILES string of the molecule is CO[C@@](C(=O)O[C@@H]1c2ccccc2S[C@@H]1OC(=O)[C@](OC)(c1ccccc1)C(F)(F)F)(c1ccccc1)C(F)(F)F. The van der Waals surface area contributed by atoms with Crippen LogP contribution in [0, 0.1) is 0 Å². The smallest absolute Gasteiger partial charge is 0.432 e. The minimum Gasteiger partial charge on any atom is -0.450 e. The van der Waals surface area contributed by atoms with Crippen LogP contribution < -0.4 is 0 Å². The highest BCUT2D eigenvalue weighted by Gasteiger charge is 2.66. The summed E-state index contributed by atoms with van der Waals surface area (Å²) in [6.45, 7) is 0. The fourth-order valence-corrected chi connectivity index (χ4v) is 5.71. The summed E-state index contributed by atoms with van der Waals surface area (Å²) in [5.74, 6) is -3.80. The largest absolute Gasteiger partial charge is 0.450 e. The lowest BCUT2D eigenvalue weighted by Crippen LogP contribution is -2.53. The van der Waals surface area contributed by atoms with Gasteiger partial charge in [-0.15, -0.1) is 0 Å². The Labute approximate surface area is 234 Å². The number of carbonyl (C=O) groups excluding carboxylic acids is 2. The molecule has 1 aliphatic heterocycles. The predicted molar refractivity (Wildman–Crippen MR) is 133 cm³/mol. The van der Waals surface area contributed by atoms with Gasteiger partial charge in [0.25, 0.3) is 11.2 Å². The van der Waals surface area contributed by atoms with Gasteiger partial charge in [0, 0.05) is 35.8 Å². The minimum absolute atomic E-state index is 0.124. The number of esters is 2. The van der Waals surface area contributed by atoms with Gasteiger partial charge in [-0.05, 0) is 6.07 Å². The molecule has 0 bridgehead atoms. The Bertz CT molecular complexity index is 1380. The van der Waals surface area contributed by atoms with Gasteiger partial charge in [-0.1, -0.05) is 90.6 Å². The maximum Gasteiger partial charge on any atom is 0.432 e. The second-order valence-corrected chi connectivity index (χ2v) is 9.89. The molecule has 0 radical (unpaired) electrons. The standard InChI is InChI=1S/C28H22F6O6S/c1-37-25(27(29,30)31,17-11-5-3-6-12-17)23(35)39-21-19-15-9-10-16-20(19)41-22(21)40-24(36)26(38-2,28(32,33)34)18-13-7-4-8-14-18/h3-16,21-22H,1-2H3/t21-,22+,25-,26-/m1/s1. The maximum atomic E-state index is 14.5. The van der Waals surface area contributed by atoms with Crippen LogP contribution in [0.5, 0.6) is 0 Å². The van der Waals surface area contributed by atoms with Crippen molar-refractivity contribution < 1.29 is 54.9 Å². The summed E-state index contributed by atoms with van der Waals surface area (Å²) >= 11 is 0.703. The van der Waals surface area contributed by atoms with E-state index in [0.717, 1.165) is 24.3 Å². The number of benzene rings is 3. The number of halogens is 6. The van der Waals surface area contributed by atoms with Crippen molar-refractivity contribution >= 4 is 23.7 Å². The lowest BCUT2D eigenvalue weighted by molar-refractivity contribution is -0.283. The van der Waals surface area contributed by atoms with Crippen molar-refractivity contribution in [3.8, 4) is 0 Å². The summed E-state index contributed by atoms with van der Waals surface area (Å²) in [6, 6.07) is 17.9. The van der Waals surface area contributed by atoms with Crippen LogP contribution in [0.3, 0.4) is 0 Å². The van der Waals surface area contributed by atoms with Gasteiger partial charge in [-0.25, -0.2) is 9.59 Å². The van der Waals surface area contributed by atoms with Crippen molar-refractivity contribution in [3.63, 3.8) is 0 Å². The molecular weight excluding hydrogens is 578 g/mol. The second kappa shape index (κ2) is 11.4. The average Bonchev–Trinajstić information content (AvgIpc) is 3.26. The van der Waals surface area contributed by atoms with Crippen LogP contribution in [0.25, 0.3) is 0 Å². The number of alkyl halides is 6. The van der Waals surface area contributed by atoms with E-state index in [1.165, 1.54) is 54.6 Å². The normalized spacial score (nSPS) is 19.9. The first-order valence-corrected chi connectivity index (χ1v) is 12.7. The summed E-state index contributed by atoms with van der Waals surface area (Å²) in [6.07, 6.45) is -12.4. The number of ether oxygens (including phenoxy) is 4. The minimum atomic E-state index is -5.31. The van der Waals surface area contributed by atoms with Crippen molar-refractivity contribution in [1.29, 1.82) is 0 Å². The molecule has 0 aromatic heterocycles. The highest BCUT2D eigenvalue weighted by Crippen LogP contribution is 2.51. The molecule has 218 valence electrons. The summed E-state index contributed by atoms with van der Waals surface area (Å²) in [5, 5.41) is 0. The van der Waals surface area contributed by atoms with Gasteiger partial charge in [0.05, 0.1) is 0 Å². The highest BCUT2D eigenvalue weighted by molar-refractivity contribution is 8.00. The lowest BCUT2D eigenvalue weighted by atomic mass is 9.92. The van der Waals surface area contributed by atoms with Crippen molar-refractivity contribution in [1.82, 2.24) is 0 Å². The molecule has 0 amide bonds. The Hall–Kier alpha value is -3.55. The molecule has 0 aliphatic carbocycles.